The van der Waals surface area contributed by atoms with Gasteiger partial charge in [-0.05, 0) is 32.2 Å². The van der Waals surface area contributed by atoms with Gasteiger partial charge in [0.2, 0.25) is 5.91 Å². The van der Waals surface area contributed by atoms with Crippen LogP contribution in [0.25, 0.3) is 10.2 Å². The Labute approximate surface area is 144 Å². The van der Waals surface area contributed by atoms with E-state index in [1.807, 2.05) is 38.4 Å². The topological polar surface area (TPSA) is 71.8 Å². The van der Waals surface area contributed by atoms with Gasteiger partial charge in [-0.25, -0.2) is 4.98 Å². The molecule has 0 radical (unpaired) electrons. The van der Waals surface area contributed by atoms with E-state index in [9.17, 15) is 4.79 Å². The molecule has 8 heteroatoms. The molecule has 1 atom stereocenters. The van der Waals surface area contributed by atoms with Crippen molar-refractivity contribution in [2.75, 3.05) is 12.4 Å². The van der Waals surface area contributed by atoms with Gasteiger partial charge >= 0.3 is 0 Å². The van der Waals surface area contributed by atoms with E-state index in [0.29, 0.717) is 0 Å². The van der Waals surface area contributed by atoms with Gasteiger partial charge in [-0.2, -0.15) is 5.10 Å². The number of benzene rings is 1. The Morgan fingerprint density at radius 3 is 2.83 bits per heavy atom. The molecule has 122 valence electrons. The number of thiazole rings is 1. The number of hydrogen-bond donors (Lipinski definition) is 2. The molecule has 2 heterocycles. The lowest BCUT2D eigenvalue weighted by Crippen LogP contribution is -2.30. The zero-order valence-electron chi connectivity index (χ0n) is 13.0. The predicted octanol–water partition coefficient (Wildman–Crippen LogP) is 2.66. The molecular formula is C15H18ClN5OS. The quantitative estimate of drug-likeness (QED) is 0.758. The fourth-order valence-corrected chi connectivity index (χ4v) is 3.24. The average Bonchev–Trinajstić information content (AvgIpc) is 3.04. The van der Waals surface area contributed by atoms with E-state index in [-0.39, 0.29) is 18.3 Å². The standard InChI is InChI=1S/C15H17N5OS.ClH/c1-9-18-12-5-4-11(6-13(12)22-9)19-15(21)14(16-2)10-7-17-20(3)8-10;/h4-8,14,16H,1-3H3,(H,19,21);1H. The number of rotatable bonds is 4. The Kier molecular flexibility index (Phi) is 5.35. The summed E-state index contributed by atoms with van der Waals surface area (Å²) in [5.74, 6) is -0.115. The van der Waals surface area contributed by atoms with Gasteiger partial charge in [0.25, 0.3) is 0 Å². The second-order valence-corrected chi connectivity index (χ2v) is 6.31. The fourth-order valence-electron chi connectivity index (χ4n) is 2.37. The first-order chi connectivity index (χ1) is 10.6. The van der Waals surface area contributed by atoms with Gasteiger partial charge in [-0.1, -0.05) is 0 Å². The van der Waals surface area contributed by atoms with Crippen LogP contribution in [0.3, 0.4) is 0 Å². The number of nitrogens with zero attached hydrogens (tertiary/aromatic N) is 3. The lowest BCUT2D eigenvalue weighted by atomic mass is 10.1. The normalized spacial score (nSPS) is 12.0. The van der Waals surface area contributed by atoms with Crippen LogP contribution in [0.2, 0.25) is 0 Å². The first kappa shape index (κ1) is 17.4. The number of likely N-dealkylation sites (N-methyl/N-ethyl adjacent to an activating group) is 1. The van der Waals surface area contributed by atoms with Crippen molar-refractivity contribution < 1.29 is 4.79 Å². The Bertz CT molecular complexity index is 828. The molecule has 2 N–H and O–H groups in total. The van der Waals surface area contributed by atoms with Crippen LogP contribution in [0.1, 0.15) is 16.6 Å². The number of carbonyl (C=O) groups excluding carboxylic acids is 1. The number of aryl methyl sites for hydroxylation is 2. The molecule has 0 fully saturated rings. The highest BCUT2D eigenvalue weighted by molar-refractivity contribution is 7.18. The zero-order valence-corrected chi connectivity index (χ0v) is 14.7. The summed E-state index contributed by atoms with van der Waals surface area (Å²) in [6.45, 7) is 1.97. The maximum absolute atomic E-state index is 12.5. The van der Waals surface area contributed by atoms with Crippen molar-refractivity contribution in [2.24, 2.45) is 7.05 Å². The van der Waals surface area contributed by atoms with E-state index in [2.05, 4.69) is 20.7 Å². The first-order valence-corrected chi connectivity index (χ1v) is 7.72. The number of carbonyl (C=O) groups is 1. The Hall–Kier alpha value is -1.96. The predicted molar refractivity (Wildman–Crippen MR) is 95.2 cm³/mol. The number of aromatic nitrogens is 3. The first-order valence-electron chi connectivity index (χ1n) is 6.90. The maximum atomic E-state index is 12.5. The van der Waals surface area contributed by atoms with E-state index < -0.39 is 6.04 Å². The fraction of sp³-hybridized carbons (Fsp3) is 0.267. The number of hydrogen-bond acceptors (Lipinski definition) is 5. The molecule has 0 aliphatic rings. The molecule has 1 amide bonds. The molecule has 2 aromatic heterocycles. The Morgan fingerprint density at radius 1 is 1.39 bits per heavy atom. The molecule has 23 heavy (non-hydrogen) atoms. The van der Waals surface area contributed by atoms with Gasteiger partial charge in [0, 0.05) is 24.5 Å². The summed E-state index contributed by atoms with van der Waals surface area (Å²) in [7, 11) is 3.58. The zero-order chi connectivity index (χ0) is 15.7. The van der Waals surface area contributed by atoms with Crippen molar-refractivity contribution in [3.05, 3.63) is 41.2 Å². The lowest BCUT2D eigenvalue weighted by molar-refractivity contribution is -0.118. The van der Waals surface area contributed by atoms with Gasteiger partial charge < -0.3 is 10.6 Å². The minimum absolute atomic E-state index is 0. The van der Waals surface area contributed by atoms with Crippen LogP contribution in [0.4, 0.5) is 5.69 Å². The summed E-state index contributed by atoms with van der Waals surface area (Å²) in [6, 6.07) is 5.31. The average molecular weight is 352 g/mol. The van der Waals surface area contributed by atoms with Crippen LogP contribution in [0.5, 0.6) is 0 Å². The van der Waals surface area contributed by atoms with Crippen molar-refractivity contribution in [1.82, 2.24) is 20.1 Å². The molecule has 0 aliphatic heterocycles. The van der Waals surface area contributed by atoms with Gasteiger partial charge in [0.1, 0.15) is 6.04 Å². The molecule has 1 unspecified atom stereocenters. The molecule has 3 rings (SSSR count). The van der Waals surface area contributed by atoms with Crippen molar-refractivity contribution >= 4 is 45.6 Å². The molecule has 0 spiro atoms. The van der Waals surface area contributed by atoms with E-state index in [1.54, 1.807) is 29.3 Å². The third-order valence-corrected chi connectivity index (χ3v) is 4.31. The van der Waals surface area contributed by atoms with Crippen molar-refractivity contribution in [2.45, 2.75) is 13.0 Å². The molecule has 0 saturated carbocycles. The Morgan fingerprint density at radius 2 is 2.17 bits per heavy atom. The van der Waals surface area contributed by atoms with E-state index in [0.717, 1.165) is 26.5 Å². The third-order valence-electron chi connectivity index (χ3n) is 3.37. The molecule has 6 nitrogen and oxygen atoms in total. The summed E-state index contributed by atoms with van der Waals surface area (Å²) in [6.07, 6.45) is 3.52. The second kappa shape index (κ2) is 7.08. The van der Waals surface area contributed by atoms with Crippen LogP contribution in [-0.4, -0.2) is 27.7 Å². The summed E-state index contributed by atoms with van der Waals surface area (Å²) in [5.41, 5.74) is 2.56. The molecule has 0 aliphatic carbocycles. The number of halogens is 1. The van der Waals surface area contributed by atoms with E-state index >= 15 is 0 Å². The van der Waals surface area contributed by atoms with Crippen molar-refractivity contribution in [1.29, 1.82) is 0 Å². The smallest absolute Gasteiger partial charge is 0.246 e. The molecule has 0 bridgehead atoms. The number of fused-ring (bicyclic) bond motifs is 1. The highest BCUT2D eigenvalue weighted by Crippen LogP contribution is 2.25. The van der Waals surface area contributed by atoms with E-state index in [1.165, 1.54) is 0 Å². The van der Waals surface area contributed by atoms with Crippen LogP contribution in [-0.2, 0) is 11.8 Å². The van der Waals surface area contributed by atoms with Crippen LogP contribution < -0.4 is 10.6 Å². The lowest BCUT2D eigenvalue weighted by Gasteiger charge is -2.14. The van der Waals surface area contributed by atoms with Gasteiger partial charge in [-0.15, -0.1) is 23.7 Å². The minimum Gasteiger partial charge on any atom is -0.324 e. The minimum atomic E-state index is -0.437. The highest BCUT2D eigenvalue weighted by Gasteiger charge is 2.20. The number of nitrogens with one attached hydrogen (secondary N) is 2. The number of anilines is 1. The van der Waals surface area contributed by atoms with Crippen LogP contribution >= 0.6 is 23.7 Å². The second-order valence-electron chi connectivity index (χ2n) is 5.07. The summed E-state index contributed by atoms with van der Waals surface area (Å²) in [5, 5.41) is 11.1. The van der Waals surface area contributed by atoms with Gasteiger partial charge in [0.15, 0.2) is 0 Å². The molecule has 0 saturated heterocycles. The number of amides is 1. The van der Waals surface area contributed by atoms with E-state index in [4.69, 9.17) is 0 Å². The van der Waals surface area contributed by atoms with Crippen LogP contribution in [0, 0.1) is 6.92 Å². The molecule has 1 aromatic carbocycles. The van der Waals surface area contributed by atoms with Crippen molar-refractivity contribution in [3.8, 4) is 0 Å². The molecular weight excluding hydrogens is 334 g/mol. The largest absolute Gasteiger partial charge is 0.324 e. The van der Waals surface area contributed by atoms with Crippen molar-refractivity contribution in [3.63, 3.8) is 0 Å². The maximum Gasteiger partial charge on any atom is 0.246 e. The van der Waals surface area contributed by atoms with Crippen LogP contribution in [0.15, 0.2) is 30.6 Å². The Balaban J connectivity index is 0.00000192. The highest BCUT2D eigenvalue weighted by atomic mass is 35.5. The summed E-state index contributed by atoms with van der Waals surface area (Å²) >= 11 is 1.62. The summed E-state index contributed by atoms with van der Waals surface area (Å²) in [4.78, 5) is 16.9. The van der Waals surface area contributed by atoms with Gasteiger partial charge in [0.05, 0.1) is 21.4 Å². The van der Waals surface area contributed by atoms with Gasteiger partial charge in [-0.3, -0.25) is 9.48 Å². The third kappa shape index (κ3) is 3.69. The summed E-state index contributed by atoms with van der Waals surface area (Å²) < 4.78 is 2.75. The molecule has 3 aromatic rings. The SMILES string of the molecule is CNC(C(=O)Nc1ccc2nc(C)sc2c1)c1cnn(C)c1.Cl. The monoisotopic (exact) mass is 351 g/mol.